The van der Waals surface area contributed by atoms with Crippen LogP contribution < -0.4 is 10.2 Å². The lowest BCUT2D eigenvalue weighted by Gasteiger charge is -2.56. The number of nitrogens with zero attached hydrogens (tertiary/aromatic N) is 1. The Bertz CT molecular complexity index is 1830. The van der Waals surface area contributed by atoms with Crippen LogP contribution in [0, 0.1) is 29.1 Å². The van der Waals surface area contributed by atoms with Crippen molar-refractivity contribution < 1.29 is 41.4 Å². The highest BCUT2D eigenvalue weighted by molar-refractivity contribution is 5.93. The van der Waals surface area contributed by atoms with E-state index in [0.717, 1.165) is 41.1 Å². The molecular formula is C41H43F5N2O4. The van der Waals surface area contributed by atoms with Crippen molar-refractivity contribution in [2.45, 2.75) is 94.7 Å². The lowest BCUT2D eigenvalue weighted by Crippen LogP contribution is -2.65. The van der Waals surface area contributed by atoms with Gasteiger partial charge in [-0.05, 0) is 129 Å². The predicted molar refractivity (Wildman–Crippen MR) is 187 cm³/mol. The molecule has 6 nitrogen and oxygen atoms in total. The first kappa shape index (κ1) is 36.2. The zero-order chi connectivity index (χ0) is 36.9. The predicted octanol–water partition coefficient (Wildman–Crippen LogP) is 9.11. The standard InChI is InChI=1S/C41H43F5N2O4/c1-38-25-34(36-32-18-16-31(49)24-28(32)11-17-33(36)35(38)19-20-39(38,51)40(42,43)41(44,45)46)27-9-7-26(8-10-27)6-5-23-52-37(50)47-29-12-14-30(15-13-29)48-21-3-2-4-22-48/h7-10,12-15,24,33-35,51H,2-4,11,16-23,25H2,1H3,(H,47,50)/t33-,34+,35-,38-,39-/m0/s1. The maximum absolute atomic E-state index is 15.3. The molecule has 0 spiro atoms. The van der Waals surface area contributed by atoms with Gasteiger partial charge >= 0.3 is 18.2 Å². The highest BCUT2D eigenvalue weighted by Gasteiger charge is 2.79. The van der Waals surface area contributed by atoms with Crippen LogP contribution in [0.1, 0.15) is 88.2 Å². The lowest BCUT2D eigenvalue weighted by atomic mass is 9.50. The lowest BCUT2D eigenvalue weighted by molar-refractivity contribution is -0.362. The maximum Gasteiger partial charge on any atom is 0.456 e. The molecule has 3 fully saturated rings. The molecule has 1 heterocycles. The number of hydrogen-bond acceptors (Lipinski definition) is 5. The number of ketones is 1. The second-order valence-corrected chi connectivity index (χ2v) is 15.2. The highest BCUT2D eigenvalue weighted by Crippen LogP contribution is 2.70. The number of aliphatic hydroxyl groups is 1. The van der Waals surface area contributed by atoms with E-state index in [1.807, 2.05) is 24.3 Å². The molecule has 2 N–H and O–H groups in total. The number of hydrogen-bond donors (Lipinski definition) is 2. The number of carbonyl (C=O) groups excluding carboxylic acids is 2. The largest absolute Gasteiger partial charge is 0.456 e. The van der Waals surface area contributed by atoms with Crippen LogP contribution >= 0.6 is 0 Å². The van der Waals surface area contributed by atoms with Crippen molar-refractivity contribution in [1.82, 2.24) is 0 Å². The van der Waals surface area contributed by atoms with E-state index in [-0.39, 0.29) is 31.1 Å². The monoisotopic (exact) mass is 722 g/mol. The Morgan fingerprint density at radius 2 is 1.69 bits per heavy atom. The molecule has 2 saturated carbocycles. The number of nitrogens with one attached hydrogen (secondary N) is 1. The number of rotatable bonds is 5. The molecule has 11 heteroatoms. The number of carbonyl (C=O) groups is 2. The van der Waals surface area contributed by atoms with E-state index < -0.39 is 47.5 Å². The summed E-state index contributed by atoms with van der Waals surface area (Å²) in [5.41, 5.74) is 1.01. The highest BCUT2D eigenvalue weighted by atomic mass is 19.4. The quantitative estimate of drug-likeness (QED) is 0.238. The summed E-state index contributed by atoms with van der Waals surface area (Å²) in [7, 11) is 0. The van der Waals surface area contributed by atoms with Crippen molar-refractivity contribution in [3.8, 4) is 11.8 Å². The number of benzene rings is 2. The fourth-order valence-corrected chi connectivity index (χ4v) is 9.81. The van der Waals surface area contributed by atoms with Crippen LogP contribution in [0.25, 0.3) is 0 Å². The summed E-state index contributed by atoms with van der Waals surface area (Å²) in [6.45, 7) is 3.29. The van der Waals surface area contributed by atoms with Gasteiger partial charge in [-0.1, -0.05) is 36.5 Å². The molecule has 52 heavy (non-hydrogen) atoms. The van der Waals surface area contributed by atoms with E-state index in [1.54, 1.807) is 30.3 Å². The van der Waals surface area contributed by atoms with Gasteiger partial charge in [0, 0.05) is 47.8 Å². The Morgan fingerprint density at radius 1 is 0.981 bits per heavy atom. The average Bonchev–Trinajstić information content (AvgIpc) is 3.41. The fourth-order valence-electron chi connectivity index (χ4n) is 9.81. The summed E-state index contributed by atoms with van der Waals surface area (Å²) in [6.07, 6.45) is -0.0985. The number of piperidine rings is 1. The van der Waals surface area contributed by atoms with Crippen LogP contribution in [0.15, 0.2) is 71.3 Å². The van der Waals surface area contributed by atoms with Gasteiger partial charge in [-0.2, -0.15) is 22.0 Å². The Labute approximate surface area is 300 Å². The van der Waals surface area contributed by atoms with E-state index in [2.05, 4.69) is 22.1 Å². The van der Waals surface area contributed by atoms with Gasteiger partial charge in [0.15, 0.2) is 12.4 Å². The Kier molecular flexibility index (Phi) is 9.52. The van der Waals surface area contributed by atoms with Crippen LogP contribution in [0.5, 0.6) is 0 Å². The molecule has 2 aromatic rings. The average molecular weight is 723 g/mol. The Hall–Kier alpha value is -4.17. The molecule has 0 radical (unpaired) electrons. The molecule has 1 amide bonds. The second-order valence-electron chi connectivity index (χ2n) is 15.2. The molecule has 1 saturated heterocycles. The van der Waals surface area contributed by atoms with E-state index in [0.29, 0.717) is 36.9 Å². The van der Waals surface area contributed by atoms with Gasteiger partial charge in [-0.15, -0.1) is 0 Å². The summed E-state index contributed by atoms with van der Waals surface area (Å²) < 4.78 is 77.3. The normalized spacial score (nSPS) is 28.9. The number of ether oxygens (including phenoxy) is 1. The third-order valence-corrected chi connectivity index (χ3v) is 12.4. The molecule has 4 aliphatic carbocycles. The smallest absolute Gasteiger partial charge is 0.436 e. The first-order valence-corrected chi connectivity index (χ1v) is 18.2. The molecular weight excluding hydrogens is 679 g/mol. The molecule has 0 bridgehead atoms. The Balaban J connectivity index is 1.08. The van der Waals surface area contributed by atoms with Crippen LogP contribution in [0.2, 0.25) is 0 Å². The number of allylic oxidation sites excluding steroid dienone is 4. The number of amides is 1. The van der Waals surface area contributed by atoms with E-state index in [9.17, 15) is 27.9 Å². The summed E-state index contributed by atoms with van der Waals surface area (Å²) in [5, 5.41) is 14.2. The zero-order valence-electron chi connectivity index (χ0n) is 29.1. The first-order chi connectivity index (χ1) is 24.7. The number of anilines is 2. The molecule has 5 atom stereocenters. The van der Waals surface area contributed by atoms with Crippen LogP contribution in [0.3, 0.4) is 0 Å². The SMILES string of the molecule is C[C@]12C[C@H](c3ccc(C#CCOC(=O)Nc4ccc(N5CCCCC5)cc4)cc3)C3=C4CCC(=O)C=C4CC[C@H]3[C@@H]1CC[C@@]2(O)C(F)(F)C(F)(F)F. The molecule has 2 aromatic carbocycles. The van der Waals surface area contributed by atoms with Crippen LogP contribution in [-0.4, -0.2) is 54.4 Å². The van der Waals surface area contributed by atoms with Gasteiger partial charge in [-0.3, -0.25) is 10.1 Å². The molecule has 276 valence electrons. The van der Waals surface area contributed by atoms with Gasteiger partial charge in [0.25, 0.3) is 0 Å². The van der Waals surface area contributed by atoms with Crippen molar-refractivity contribution in [3.05, 3.63) is 82.5 Å². The molecule has 0 unspecified atom stereocenters. The van der Waals surface area contributed by atoms with Crippen LogP contribution in [0.4, 0.5) is 38.1 Å². The molecule has 7 rings (SSSR count). The third-order valence-electron chi connectivity index (χ3n) is 12.4. The minimum Gasteiger partial charge on any atom is -0.436 e. The topological polar surface area (TPSA) is 78.9 Å². The van der Waals surface area contributed by atoms with Crippen LogP contribution in [-0.2, 0) is 9.53 Å². The van der Waals surface area contributed by atoms with Gasteiger partial charge in [0.1, 0.15) is 5.60 Å². The summed E-state index contributed by atoms with van der Waals surface area (Å²) in [4.78, 5) is 27.0. The maximum atomic E-state index is 15.3. The molecule has 1 aliphatic heterocycles. The molecule has 5 aliphatic rings. The zero-order valence-corrected chi connectivity index (χ0v) is 29.1. The summed E-state index contributed by atoms with van der Waals surface area (Å²) in [5.74, 6) is -0.871. The van der Waals surface area contributed by atoms with Gasteiger partial charge in [0.05, 0.1) is 0 Å². The van der Waals surface area contributed by atoms with E-state index in [4.69, 9.17) is 4.74 Å². The van der Waals surface area contributed by atoms with Crippen molar-refractivity contribution in [3.63, 3.8) is 0 Å². The minimum absolute atomic E-state index is 0.0290. The number of halogens is 5. The van der Waals surface area contributed by atoms with Crippen molar-refractivity contribution in [1.29, 1.82) is 0 Å². The third kappa shape index (κ3) is 6.31. The van der Waals surface area contributed by atoms with Gasteiger partial charge in [0.2, 0.25) is 0 Å². The van der Waals surface area contributed by atoms with E-state index in [1.165, 1.54) is 26.2 Å². The summed E-state index contributed by atoms with van der Waals surface area (Å²) >= 11 is 0. The van der Waals surface area contributed by atoms with E-state index >= 15 is 8.78 Å². The number of alkyl halides is 5. The molecule has 0 aromatic heterocycles. The summed E-state index contributed by atoms with van der Waals surface area (Å²) in [6, 6.07) is 14.7. The van der Waals surface area contributed by atoms with Crippen molar-refractivity contribution >= 4 is 23.3 Å². The fraction of sp³-hybridized carbons (Fsp3) is 0.512. The van der Waals surface area contributed by atoms with Crippen molar-refractivity contribution in [2.24, 2.45) is 17.3 Å². The first-order valence-electron chi connectivity index (χ1n) is 18.2. The Morgan fingerprint density at radius 3 is 2.38 bits per heavy atom. The second kappa shape index (κ2) is 13.7. The van der Waals surface area contributed by atoms with Crippen molar-refractivity contribution in [2.75, 3.05) is 29.9 Å². The minimum atomic E-state index is -5.90. The van der Waals surface area contributed by atoms with Gasteiger partial charge < -0.3 is 14.7 Å². The van der Waals surface area contributed by atoms with Gasteiger partial charge in [-0.25, -0.2) is 4.79 Å². The number of fused-ring (bicyclic) bond motifs is 4.